The van der Waals surface area contributed by atoms with Crippen molar-refractivity contribution in [2.75, 3.05) is 0 Å². The number of aromatic nitrogens is 2. The number of hydrogen-bond donors (Lipinski definition) is 1. The summed E-state index contributed by atoms with van der Waals surface area (Å²) in [4.78, 5) is 0. The van der Waals surface area contributed by atoms with Gasteiger partial charge in [0.2, 0.25) is 0 Å². The van der Waals surface area contributed by atoms with Gasteiger partial charge in [-0.3, -0.25) is 4.68 Å². The number of aryl methyl sites for hydroxylation is 1. The average molecular weight is 245 g/mol. The number of nitrogens with zero attached hydrogens (tertiary/aromatic N) is 2. The van der Waals surface area contributed by atoms with Crippen LogP contribution in [0, 0.1) is 0 Å². The Balaban J connectivity index is 2.17. The van der Waals surface area contributed by atoms with Crippen LogP contribution in [-0.4, -0.2) is 15.3 Å². The second-order valence-corrected chi connectivity index (χ2v) is 5.57. The summed E-state index contributed by atoms with van der Waals surface area (Å²) in [5.41, 5.74) is 2.51. The van der Waals surface area contributed by atoms with Crippen LogP contribution in [0.3, 0.4) is 0 Å². The normalized spacial score (nSPS) is 12.2. The molecule has 0 aliphatic heterocycles. The molecule has 0 saturated carbocycles. The van der Waals surface area contributed by atoms with Gasteiger partial charge in [-0.2, -0.15) is 5.10 Å². The molecule has 2 rings (SSSR count). The van der Waals surface area contributed by atoms with Gasteiger partial charge < -0.3 is 5.32 Å². The minimum absolute atomic E-state index is 0.174. The summed E-state index contributed by atoms with van der Waals surface area (Å²) in [6, 6.07) is 8.39. The number of benzene rings is 1. The van der Waals surface area contributed by atoms with Crippen molar-refractivity contribution in [3.8, 4) is 0 Å². The van der Waals surface area contributed by atoms with Gasteiger partial charge in [-0.25, -0.2) is 0 Å². The van der Waals surface area contributed by atoms with E-state index in [1.807, 2.05) is 11.7 Å². The quantitative estimate of drug-likeness (QED) is 0.876. The highest BCUT2D eigenvalue weighted by atomic mass is 15.3. The number of para-hydroxylation sites is 1. The summed E-state index contributed by atoms with van der Waals surface area (Å²) in [7, 11) is 2.00. The Bertz CT molecular complexity index is 526. The highest BCUT2D eigenvalue weighted by molar-refractivity contribution is 5.81. The molecule has 0 aliphatic carbocycles. The van der Waals surface area contributed by atoms with Crippen molar-refractivity contribution in [3.63, 3.8) is 0 Å². The van der Waals surface area contributed by atoms with Crippen LogP contribution in [0.4, 0.5) is 0 Å². The highest BCUT2D eigenvalue weighted by Crippen LogP contribution is 2.19. The summed E-state index contributed by atoms with van der Waals surface area (Å²) in [6.45, 7) is 7.55. The predicted molar refractivity (Wildman–Crippen MR) is 76.5 cm³/mol. The maximum absolute atomic E-state index is 4.61. The van der Waals surface area contributed by atoms with Gasteiger partial charge in [0.25, 0.3) is 0 Å². The summed E-state index contributed by atoms with van der Waals surface area (Å²) < 4.78 is 1.96. The van der Waals surface area contributed by atoms with Gasteiger partial charge in [0, 0.05) is 24.5 Å². The van der Waals surface area contributed by atoms with Crippen molar-refractivity contribution < 1.29 is 0 Å². The van der Waals surface area contributed by atoms with Gasteiger partial charge in [-0.05, 0) is 26.3 Å². The van der Waals surface area contributed by atoms with Crippen LogP contribution in [0.5, 0.6) is 0 Å². The Morgan fingerprint density at radius 1 is 1.28 bits per heavy atom. The molecule has 0 saturated heterocycles. The first kappa shape index (κ1) is 13.1. The third-order valence-corrected chi connectivity index (χ3v) is 3.44. The predicted octanol–water partition coefficient (Wildman–Crippen LogP) is 3.24. The number of fused-ring (bicyclic) bond motifs is 1. The number of nitrogens with one attached hydrogen (secondary N) is 1. The molecular formula is C15H23N3. The maximum Gasteiger partial charge on any atom is 0.0841 e. The Morgan fingerprint density at radius 2 is 2.00 bits per heavy atom. The molecular weight excluding hydrogens is 222 g/mol. The third kappa shape index (κ3) is 2.72. The average Bonchev–Trinajstić information content (AvgIpc) is 2.65. The van der Waals surface area contributed by atoms with E-state index in [1.54, 1.807) is 0 Å². The summed E-state index contributed by atoms with van der Waals surface area (Å²) in [5, 5.41) is 9.46. The number of hydrogen-bond acceptors (Lipinski definition) is 2. The SMILES string of the molecule is CCCC(C)(C)NCc1nn(C)c2ccccc12. The molecule has 2 aromatic rings. The first-order valence-corrected chi connectivity index (χ1v) is 6.69. The summed E-state index contributed by atoms with van der Waals surface area (Å²) >= 11 is 0. The molecule has 1 heterocycles. The van der Waals surface area contributed by atoms with Crippen LogP contribution in [0.2, 0.25) is 0 Å². The van der Waals surface area contributed by atoms with E-state index in [0.29, 0.717) is 0 Å². The largest absolute Gasteiger partial charge is 0.306 e. The van der Waals surface area contributed by atoms with Crippen LogP contribution < -0.4 is 5.32 Å². The van der Waals surface area contributed by atoms with Gasteiger partial charge in [-0.1, -0.05) is 31.5 Å². The zero-order chi connectivity index (χ0) is 13.2. The van der Waals surface area contributed by atoms with Crippen molar-refractivity contribution in [1.29, 1.82) is 0 Å². The molecule has 98 valence electrons. The summed E-state index contributed by atoms with van der Waals surface area (Å²) in [6.07, 6.45) is 2.38. The second-order valence-electron chi connectivity index (χ2n) is 5.57. The van der Waals surface area contributed by atoms with E-state index in [0.717, 1.165) is 12.2 Å². The fourth-order valence-electron chi connectivity index (χ4n) is 2.46. The molecule has 1 N–H and O–H groups in total. The molecule has 0 spiro atoms. The molecule has 1 aromatic heterocycles. The van der Waals surface area contributed by atoms with E-state index >= 15 is 0 Å². The molecule has 3 heteroatoms. The van der Waals surface area contributed by atoms with E-state index in [2.05, 4.69) is 55.5 Å². The minimum atomic E-state index is 0.174. The Labute approximate surface area is 109 Å². The van der Waals surface area contributed by atoms with Crippen LogP contribution in [0.1, 0.15) is 39.3 Å². The molecule has 0 fully saturated rings. The van der Waals surface area contributed by atoms with Crippen molar-refractivity contribution >= 4 is 10.9 Å². The molecule has 0 unspecified atom stereocenters. The van der Waals surface area contributed by atoms with Crippen LogP contribution in [0.15, 0.2) is 24.3 Å². The molecule has 18 heavy (non-hydrogen) atoms. The first-order chi connectivity index (χ1) is 8.53. The second kappa shape index (κ2) is 5.11. The van der Waals surface area contributed by atoms with E-state index in [9.17, 15) is 0 Å². The molecule has 0 bridgehead atoms. The van der Waals surface area contributed by atoms with Crippen LogP contribution in [0.25, 0.3) is 10.9 Å². The lowest BCUT2D eigenvalue weighted by Gasteiger charge is -2.25. The highest BCUT2D eigenvalue weighted by Gasteiger charge is 2.17. The monoisotopic (exact) mass is 245 g/mol. The van der Waals surface area contributed by atoms with Crippen molar-refractivity contribution in [1.82, 2.24) is 15.1 Å². The summed E-state index contributed by atoms with van der Waals surface area (Å²) in [5.74, 6) is 0. The fourth-order valence-corrected chi connectivity index (χ4v) is 2.46. The zero-order valence-electron chi connectivity index (χ0n) is 11.8. The first-order valence-electron chi connectivity index (χ1n) is 6.69. The topological polar surface area (TPSA) is 29.9 Å². The Morgan fingerprint density at radius 3 is 2.72 bits per heavy atom. The van der Waals surface area contributed by atoms with E-state index in [1.165, 1.54) is 23.7 Å². The standard InChI is InChI=1S/C15H23N3/c1-5-10-15(2,3)16-11-13-12-8-6-7-9-14(12)18(4)17-13/h6-9,16H,5,10-11H2,1-4H3. The molecule has 0 radical (unpaired) electrons. The molecule has 3 nitrogen and oxygen atoms in total. The van der Waals surface area contributed by atoms with Crippen LogP contribution >= 0.6 is 0 Å². The van der Waals surface area contributed by atoms with Crippen molar-refractivity contribution in [2.24, 2.45) is 7.05 Å². The lowest BCUT2D eigenvalue weighted by Crippen LogP contribution is -2.38. The molecule has 0 aliphatic rings. The smallest absolute Gasteiger partial charge is 0.0841 e. The minimum Gasteiger partial charge on any atom is -0.306 e. The Kier molecular flexibility index (Phi) is 3.71. The van der Waals surface area contributed by atoms with E-state index in [-0.39, 0.29) is 5.54 Å². The zero-order valence-corrected chi connectivity index (χ0v) is 11.8. The van der Waals surface area contributed by atoms with Crippen LogP contribution in [-0.2, 0) is 13.6 Å². The van der Waals surface area contributed by atoms with Crippen molar-refractivity contribution in [2.45, 2.75) is 45.7 Å². The van der Waals surface area contributed by atoms with Crippen molar-refractivity contribution in [3.05, 3.63) is 30.0 Å². The lowest BCUT2D eigenvalue weighted by atomic mass is 9.99. The number of rotatable bonds is 5. The fraction of sp³-hybridized carbons (Fsp3) is 0.533. The molecule has 0 atom stereocenters. The Hall–Kier alpha value is -1.35. The van der Waals surface area contributed by atoms with Gasteiger partial charge in [0.05, 0.1) is 11.2 Å². The lowest BCUT2D eigenvalue weighted by molar-refractivity contribution is 0.355. The van der Waals surface area contributed by atoms with Gasteiger partial charge >= 0.3 is 0 Å². The molecule has 1 aromatic carbocycles. The third-order valence-electron chi connectivity index (χ3n) is 3.44. The van der Waals surface area contributed by atoms with Gasteiger partial charge in [0.15, 0.2) is 0 Å². The maximum atomic E-state index is 4.61. The van der Waals surface area contributed by atoms with Gasteiger partial charge in [-0.15, -0.1) is 0 Å². The van der Waals surface area contributed by atoms with E-state index < -0.39 is 0 Å². The van der Waals surface area contributed by atoms with E-state index in [4.69, 9.17) is 0 Å². The molecule has 0 amide bonds. The van der Waals surface area contributed by atoms with Gasteiger partial charge in [0.1, 0.15) is 0 Å².